The van der Waals surface area contributed by atoms with Crippen molar-refractivity contribution in [1.29, 1.82) is 0 Å². The summed E-state index contributed by atoms with van der Waals surface area (Å²) in [5.74, 6) is 0.601. The lowest BCUT2D eigenvalue weighted by atomic mass is 9.95. The lowest BCUT2D eigenvalue weighted by Gasteiger charge is -2.28. The van der Waals surface area contributed by atoms with Gasteiger partial charge in [-0.05, 0) is 62.6 Å². The van der Waals surface area contributed by atoms with E-state index < -0.39 is 0 Å². The summed E-state index contributed by atoms with van der Waals surface area (Å²) in [6, 6.07) is 4.40. The van der Waals surface area contributed by atoms with E-state index >= 15 is 0 Å². The SMILES string of the molecule is CC(C)CCNC(=O)N1Cc2c(sc3c2CCCC3)-n2cccc2[C@@H]1C. The Morgan fingerprint density at radius 1 is 1.31 bits per heavy atom. The van der Waals surface area contributed by atoms with E-state index in [1.807, 2.05) is 16.2 Å². The predicted molar refractivity (Wildman–Crippen MR) is 107 cm³/mol. The molecule has 0 bridgehead atoms. The number of hydrogen-bond donors (Lipinski definition) is 1. The molecule has 1 N–H and O–H groups in total. The molecule has 0 saturated heterocycles. The Kier molecular flexibility index (Phi) is 4.82. The van der Waals surface area contributed by atoms with Crippen LogP contribution in [-0.2, 0) is 19.4 Å². The molecule has 0 aromatic carbocycles. The van der Waals surface area contributed by atoms with Crippen molar-refractivity contribution in [2.24, 2.45) is 5.92 Å². The van der Waals surface area contributed by atoms with Gasteiger partial charge in [0.2, 0.25) is 0 Å². The van der Waals surface area contributed by atoms with Crippen molar-refractivity contribution >= 4 is 17.4 Å². The summed E-state index contributed by atoms with van der Waals surface area (Å²) >= 11 is 1.94. The summed E-state index contributed by atoms with van der Waals surface area (Å²) in [6.45, 7) is 8.00. The van der Waals surface area contributed by atoms with Gasteiger partial charge in [-0.3, -0.25) is 0 Å². The number of thiophene rings is 1. The van der Waals surface area contributed by atoms with Crippen molar-refractivity contribution in [2.45, 2.75) is 65.5 Å². The van der Waals surface area contributed by atoms with E-state index in [0.717, 1.165) is 25.9 Å². The average Bonchev–Trinajstić information content (AvgIpc) is 3.21. The summed E-state index contributed by atoms with van der Waals surface area (Å²) < 4.78 is 2.32. The molecule has 4 nitrogen and oxygen atoms in total. The number of carbonyl (C=O) groups is 1. The van der Waals surface area contributed by atoms with Gasteiger partial charge in [-0.1, -0.05) is 13.8 Å². The molecule has 5 heteroatoms. The molecule has 2 aromatic rings. The minimum Gasteiger partial charge on any atom is -0.338 e. The Morgan fingerprint density at radius 3 is 2.92 bits per heavy atom. The van der Waals surface area contributed by atoms with Crippen molar-refractivity contribution in [3.05, 3.63) is 40.0 Å². The Balaban J connectivity index is 1.68. The zero-order valence-corrected chi connectivity index (χ0v) is 16.9. The van der Waals surface area contributed by atoms with Crippen LogP contribution in [0.25, 0.3) is 5.00 Å². The molecule has 1 aliphatic heterocycles. The van der Waals surface area contributed by atoms with E-state index in [-0.39, 0.29) is 12.1 Å². The van der Waals surface area contributed by atoms with Gasteiger partial charge < -0.3 is 14.8 Å². The normalized spacial score (nSPS) is 18.9. The molecule has 0 radical (unpaired) electrons. The predicted octanol–water partition coefficient (Wildman–Crippen LogP) is 5.05. The highest BCUT2D eigenvalue weighted by Gasteiger charge is 2.32. The molecule has 0 fully saturated rings. The first-order chi connectivity index (χ1) is 12.6. The van der Waals surface area contributed by atoms with Crippen LogP contribution in [0, 0.1) is 5.92 Å². The van der Waals surface area contributed by atoms with Gasteiger partial charge in [0.25, 0.3) is 0 Å². The summed E-state index contributed by atoms with van der Waals surface area (Å²) in [7, 11) is 0. The second kappa shape index (κ2) is 7.10. The van der Waals surface area contributed by atoms with Gasteiger partial charge in [-0.25, -0.2) is 4.79 Å². The topological polar surface area (TPSA) is 37.3 Å². The molecule has 140 valence electrons. The second-order valence-corrected chi connectivity index (χ2v) is 9.10. The minimum atomic E-state index is 0.0644. The molecule has 2 aromatic heterocycles. The molecule has 0 unspecified atom stereocenters. The third-order valence-electron chi connectivity index (χ3n) is 5.74. The molecular weight excluding hydrogens is 342 g/mol. The average molecular weight is 372 g/mol. The van der Waals surface area contributed by atoms with Crippen molar-refractivity contribution in [3.63, 3.8) is 0 Å². The van der Waals surface area contributed by atoms with Crippen LogP contribution in [0.2, 0.25) is 0 Å². The smallest absolute Gasteiger partial charge is 0.318 e. The third-order valence-corrected chi connectivity index (χ3v) is 7.07. The van der Waals surface area contributed by atoms with Crippen LogP contribution in [0.3, 0.4) is 0 Å². The highest BCUT2D eigenvalue weighted by molar-refractivity contribution is 7.15. The summed E-state index contributed by atoms with van der Waals surface area (Å²) in [5, 5.41) is 4.48. The molecule has 1 atom stereocenters. The second-order valence-electron chi connectivity index (χ2n) is 8.02. The fraction of sp³-hybridized carbons (Fsp3) is 0.571. The maximum absolute atomic E-state index is 13.0. The number of urea groups is 1. The fourth-order valence-electron chi connectivity index (χ4n) is 4.18. The maximum Gasteiger partial charge on any atom is 0.318 e. The van der Waals surface area contributed by atoms with E-state index in [4.69, 9.17) is 0 Å². The molecule has 4 rings (SSSR count). The van der Waals surface area contributed by atoms with Crippen LogP contribution < -0.4 is 5.32 Å². The van der Waals surface area contributed by atoms with Gasteiger partial charge in [0.05, 0.1) is 12.6 Å². The number of amides is 2. The molecule has 0 saturated carbocycles. The number of nitrogens with one attached hydrogen (secondary N) is 1. The molecule has 26 heavy (non-hydrogen) atoms. The van der Waals surface area contributed by atoms with Gasteiger partial charge in [0.15, 0.2) is 0 Å². The van der Waals surface area contributed by atoms with E-state index in [1.165, 1.54) is 46.0 Å². The summed E-state index contributed by atoms with van der Waals surface area (Å²) in [5.41, 5.74) is 4.11. The number of rotatable bonds is 3. The number of hydrogen-bond acceptors (Lipinski definition) is 2. The van der Waals surface area contributed by atoms with Crippen LogP contribution >= 0.6 is 11.3 Å². The zero-order chi connectivity index (χ0) is 18.3. The van der Waals surface area contributed by atoms with Crippen molar-refractivity contribution in [1.82, 2.24) is 14.8 Å². The van der Waals surface area contributed by atoms with Gasteiger partial charge in [-0.2, -0.15) is 0 Å². The van der Waals surface area contributed by atoms with E-state index in [2.05, 4.69) is 49.0 Å². The van der Waals surface area contributed by atoms with Gasteiger partial charge >= 0.3 is 6.03 Å². The standard InChI is InChI=1S/C21H29N3OS/c1-14(2)10-11-22-21(25)24-13-17-16-7-4-5-9-19(16)26-20(17)23-12-6-8-18(23)15(24)3/h6,8,12,14-15H,4-5,7,9-11,13H2,1-3H3,(H,22,25)/t15-/m0/s1. The van der Waals surface area contributed by atoms with Crippen LogP contribution in [0.4, 0.5) is 4.79 Å². The van der Waals surface area contributed by atoms with Gasteiger partial charge in [0.1, 0.15) is 5.00 Å². The van der Waals surface area contributed by atoms with Crippen molar-refractivity contribution in [3.8, 4) is 5.00 Å². The number of nitrogens with zero attached hydrogens (tertiary/aromatic N) is 2. The van der Waals surface area contributed by atoms with Crippen LogP contribution in [-0.4, -0.2) is 22.0 Å². The fourth-order valence-corrected chi connectivity index (χ4v) is 5.58. The lowest BCUT2D eigenvalue weighted by molar-refractivity contribution is 0.174. The lowest BCUT2D eigenvalue weighted by Crippen LogP contribution is -2.41. The monoisotopic (exact) mass is 371 g/mol. The van der Waals surface area contributed by atoms with Crippen LogP contribution in [0.5, 0.6) is 0 Å². The third kappa shape index (κ3) is 3.07. The first-order valence-electron chi connectivity index (χ1n) is 9.91. The molecular formula is C21H29N3OS. The minimum absolute atomic E-state index is 0.0644. The van der Waals surface area contributed by atoms with Crippen molar-refractivity contribution in [2.75, 3.05) is 6.54 Å². The zero-order valence-electron chi connectivity index (χ0n) is 16.0. The Bertz CT molecular complexity index is 804. The number of fused-ring (bicyclic) bond motifs is 5. The molecule has 0 spiro atoms. The van der Waals surface area contributed by atoms with Gasteiger partial charge in [-0.15, -0.1) is 11.3 Å². The largest absolute Gasteiger partial charge is 0.338 e. The van der Waals surface area contributed by atoms with Crippen LogP contribution in [0.1, 0.15) is 67.8 Å². The number of aromatic nitrogens is 1. The summed E-state index contributed by atoms with van der Waals surface area (Å²) in [4.78, 5) is 16.5. The molecule has 2 amide bonds. The van der Waals surface area contributed by atoms with Crippen molar-refractivity contribution < 1.29 is 4.79 Å². The Hall–Kier alpha value is -1.75. The van der Waals surface area contributed by atoms with E-state index in [9.17, 15) is 4.79 Å². The first kappa shape index (κ1) is 17.7. The molecule has 2 aliphatic rings. The van der Waals surface area contributed by atoms with E-state index in [1.54, 1.807) is 0 Å². The number of carbonyl (C=O) groups excluding carboxylic acids is 1. The summed E-state index contributed by atoms with van der Waals surface area (Å²) in [6.07, 6.45) is 8.09. The molecule has 1 aliphatic carbocycles. The highest BCUT2D eigenvalue weighted by atomic mass is 32.1. The molecule has 3 heterocycles. The van der Waals surface area contributed by atoms with Gasteiger partial charge in [0, 0.05) is 28.9 Å². The van der Waals surface area contributed by atoms with E-state index in [0.29, 0.717) is 5.92 Å². The quantitative estimate of drug-likeness (QED) is 0.805. The maximum atomic E-state index is 13.0. The Morgan fingerprint density at radius 2 is 2.12 bits per heavy atom. The van der Waals surface area contributed by atoms with Crippen LogP contribution in [0.15, 0.2) is 18.3 Å². The number of aryl methyl sites for hydroxylation is 1. The first-order valence-corrected chi connectivity index (χ1v) is 10.7. The highest BCUT2D eigenvalue weighted by Crippen LogP contribution is 2.42. The Labute approximate surface area is 160 Å².